The van der Waals surface area contributed by atoms with Crippen molar-refractivity contribution >= 4 is 17.4 Å². The maximum absolute atomic E-state index is 10.1. The lowest BCUT2D eigenvalue weighted by Crippen LogP contribution is -2.16. The van der Waals surface area contributed by atoms with Gasteiger partial charge in [-0.1, -0.05) is 0 Å². The molecular formula is C4H7ClO2. The zero-order valence-electron chi connectivity index (χ0n) is 4.02. The summed E-state index contributed by atoms with van der Waals surface area (Å²) in [5.41, 5.74) is 0. The molecular weight excluding hydrogens is 115 g/mol. The van der Waals surface area contributed by atoms with Gasteiger partial charge in [0.2, 0.25) is 0 Å². The van der Waals surface area contributed by atoms with Gasteiger partial charge in [0.25, 0.3) is 0 Å². The Labute approximate surface area is 47.1 Å². The Morgan fingerprint density at radius 1 is 2.00 bits per heavy atom. The number of alkyl halides is 1. The molecule has 0 fully saturated rings. The van der Waals surface area contributed by atoms with E-state index in [-0.39, 0.29) is 11.7 Å². The van der Waals surface area contributed by atoms with E-state index in [0.717, 1.165) is 0 Å². The summed E-state index contributed by atoms with van der Waals surface area (Å²) in [4.78, 5) is 10.1. The molecule has 0 aromatic heterocycles. The topological polar surface area (TPSA) is 37.3 Å². The van der Waals surface area contributed by atoms with E-state index in [9.17, 15) is 4.79 Å². The average Bonchev–Trinajstić information content (AvgIpc) is 1.65. The van der Waals surface area contributed by atoms with Gasteiger partial charge in [-0.25, -0.2) is 0 Å². The molecule has 0 spiro atoms. The first-order valence-corrected chi connectivity index (χ1v) is 2.48. The fraction of sp³-hybridized carbons (Fsp3) is 0.750. The molecule has 0 saturated heterocycles. The van der Waals surface area contributed by atoms with E-state index in [1.165, 1.54) is 6.92 Å². The normalized spacial score (nSPS) is 13.6. The first-order valence-electron chi connectivity index (χ1n) is 1.95. The van der Waals surface area contributed by atoms with E-state index < -0.39 is 6.10 Å². The van der Waals surface area contributed by atoms with E-state index in [1.807, 2.05) is 0 Å². The number of hydrogen-bond donors (Lipinski definition) is 1. The molecule has 0 aromatic carbocycles. The minimum absolute atomic E-state index is 0.0995. The molecule has 1 atom stereocenters. The van der Waals surface area contributed by atoms with Crippen molar-refractivity contribution < 1.29 is 9.90 Å². The van der Waals surface area contributed by atoms with Gasteiger partial charge in [-0.3, -0.25) is 4.79 Å². The number of ketones is 1. The molecule has 1 N–H and O–H groups in total. The van der Waals surface area contributed by atoms with Crippen LogP contribution in [0.15, 0.2) is 0 Å². The van der Waals surface area contributed by atoms with E-state index in [1.54, 1.807) is 0 Å². The molecule has 0 saturated carbocycles. The van der Waals surface area contributed by atoms with Gasteiger partial charge in [0, 0.05) is 0 Å². The Hall–Kier alpha value is -0.0800. The van der Waals surface area contributed by atoms with Crippen molar-refractivity contribution in [3.63, 3.8) is 0 Å². The van der Waals surface area contributed by atoms with Crippen molar-refractivity contribution in [3.8, 4) is 0 Å². The van der Waals surface area contributed by atoms with E-state index in [4.69, 9.17) is 16.7 Å². The Morgan fingerprint density at radius 2 is 2.43 bits per heavy atom. The summed E-state index contributed by atoms with van der Waals surface area (Å²) in [6.45, 7) is 1.39. The number of rotatable bonds is 2. The molecule has 42 valence electrons. The van der Waals surface area contributed by atoms with Crippen molar-refractivity contribution in [2.75, 3.05) is 5.88 Å². The van der Waals surface area contributed by atoms with Crippen LogP contribution < -0.4 is 0 Å². The lowest BCUT2D eigenvalue weighted by atomic mass is 10.3. The number of aliphatic hydroxyl groups excluding tert-OH is 1. The van der Waals surface area contributed by atoms with Crippen LogP contribution in [0, 0.1) is 0 Å². The fourth-order valence-corrected chi connectivity index (χ4v) is 0.335. The second-order valence-electron chi connectivity index (χ2n) is 1.28. The van der Waals surface area contributed by atoms with Gasteiger partial charge in [-0.05, 0) is 6.92 Å². The monoisotopic (exact) mass is 122 g/mol. The summed E-state index contributed by atoms with van der Waals surface area (Å²) < 4.78 is 0. The molecule has 0 amide bonds. The Balaban J connectivity index is 3.35. The maximum Gasteiger partial charge on any atom is 0.175 e. The van der Waals surface area contributed by atoms with Crippen molar-refractivity contribution in [3.05, 3.63) is 0 Å². The number of halogens is 1. The lowest BCUT2D eigenvalue weighted by Gasteiger charge is -1.94. The fourth-order valence-electron chi connectivity index (χ4n) is 0.112. The Kier molecular flexibility index (Phi) is 2.96. The van der Waals surface area contributed by atoms with Crippen molar-refractivity contribution in [2.24, 2.45) is 0 Å². The maximum atomic E-state index is 10.1. The standard InChI is InChI=1S/C4H7ClO2/c1-3(6)4(7)2-5/h3,6H,2H2,1H3. The number of aliphatic hydroxyl groups is 1. The molecule has 3 heteroatoms. The summed E-state index contributed by atoms with van der Waals surface area (Å²) in [6.07, 6.45) is -0.905. The highest BCUT2D eigenvalue weighted by Gasteiger charge is 2.04. The van der Waals surface area contributed by atoms with Crippen molar-refractivity contribution in [1.29, 1.82) is 0 Å². The van der Waals surface area contributed by atoms with Gasteiger partial charge < -0.3 is 5.11 Å². The summed E-state index contributed by atoms with van der Waals surface area (Å²) in [6, 6.07) is 0. The predicted octanol–water partition coefficient (Wildman–Crippen LogP) is 0.175. The predicted molar refractivity (Wildman–Crippen MR) is 27.4 cm³/mol. The molecule has 2 nitrogen and oxygen atoms in total. The van der Waals surface area contributed by atoms with Crippen LogP contribution in [0.3, 0.4) is 0 Å². The zero-order chi connectivity index (χ0) is 5.86. The van der Waals surface area contributed by atoms with Crippen LogP contribution in [-0.4, -0.2) is 22.9 Å². The Morgan fingerprint density at radius 3 is 2.43 bits per heavy atom. The van der Waals surface area contributed by atoms with Gasteiger partial charge in [0.15, 0.2) is 5.78 Å². The average molecular weight is 123 g/mol. The number of hydrogen-bond acceptors (Lipinski definition) is 2. The molecule has 0 aromatic rings. The summed E-state index contributed by atoms with van der Waals surface area (Å²) in [5, 5.41) is 8.39. The van der Waals surface area contributed by atoms with Gasteiger partial charge >= 0.3 is 0 Å². The highest BCUT2D eigenvalue weighted by atomic mass is 35.5. The SMILES string of the molecule is CC(O)C(=O)CCl. The molecule has 1 unspecified atom stereocenters. The van der Waals surface area contributed by atoms with Crippen LogP contribution in [-0.2, 0) is 4.79 Å². The molecule has 0 heterocycles. The Bertz CT molecular complexity index is 70.1. The van der Waals surface area contributed by atoms with Crippen LogP contribution in [0.25, 0.3) is 0 Å². The molecule has 7 heavy (non-hydrogen) atoms. The second-order valence-corrected chi connectivity index (χ2v) is 1.54. The summed E-state index contributed by atoms with van der Waals surface area (Å²) in [5.74, 6) is -0.431. The van der Waals surface area contributed by atoms with Crippen LogP contribution >= 0.6 is 11.6 Å². The second kappa shape index (κ2) is 2.99. The molecule has 0 rings (SSSR count). The quantitative estimate of drug-likeness (QED) is 0.531. The summed E-state index contributed by atoms with van der Waals surface area (Å²) >= 11 is 5.04. The zero-order valence-corrected chi connectivity index (χ0v) is 4.77. The van der Waals surface area contributed by atoms with Crippen LogP contribution in [0.5, 0.6) is 0 Å². The third-order valence-electron chi connectivity index (χ3n) is 0.598. The van der Waals surface area contributed by atoms with E-state index >= 15 is 0 Å². The molecule has 0 radical (unpaired) electrons. The third kappa shape index (κ3) is 2.60. The van der Waals surface area contributed by atoms with Gasteiger partial charge in [-0.2, -0.15) is 0 Å². The molecule has 0 aliphatic rings. The van der Waals surface area contributed by atoms with Crippen molar-refractivity contribution in [1.82, 2.24) is 0 Å². The van der Waals surface area contributed by atoms with Gasteiger partial charge in [0.05, 0.1) is 5.88 Å². The van der Waals surface area contributed by atoms with E-state index in [0.29, 0.717) is 0 Å². The van der Waals surface area contributed by atoms with Gasteiger partial charge in [-0.15, -0.1) is 11.6 Å². The van der Waals surface area contributed by atoms with Crippen LogP contribution in [0.1, 0.15) is 6.92 Å². The lowest BCUT2D eigenvalue weighted by molar-refractivity contribution is -0.123. The number of carbonyl (C=O) groups excluding carboxylic acids is 1. The largest absolute Gasteiger partial charge is 0.386 e. The van der Waals surface area contributed by atoms with Crippen molar-refractivity contribution in [2.45, 2.75) is 13.0 Å². The first kappa shape index (κ1) is 6.92. The highest BCUT2D eigenvalue weighted by Crippen LogP contribution is 1.84. The molecule has 0 aliphatic heterocycles. The van der Waals surface area contributed by atoms with E-state index in [2.05, 4.69) is 0 Å². The highest BCUT2D eigenvalue weighted by molar-refractivity contribution is 6.28. The third-order valence-corrected chi connectivity index (χ3v) is 0.861. The van der Waals surface area contributed by atoms with Crippen LogP contribution in [0.2, 0.25) is 0 Å². The van der Waals surface area contributed by atoms with Gasteiger partial charge in [0.1, 0.15) is 6.10 Å². The first-order chi connectivity index (χ1) is 3.18. The molecule has 0 bridgehead atoms. The van der Waals surface area contributed by atoms with Crippen LogP contribution in [0.4, 0.5) is 0 Å². The number of carbonyl (C=O) groups is 1. The smallest absolute Gasteiger partial charge is 0.175 e. The minimum atomic E-state index is -0.905. The molecule has 0 aliphatic carbocycles. The number of Topliss-reactive ketones (excluding diaryl/α,β-unsaturated/α-hetero) is 1. The minimum Gasteiger partial charge on any atom is -0.386 e. The summed E-state index contributed by atoms with van der Waals surface area (Å²) in [7, 11) is 0.